The van der Waals surface area contributed by atoms with Crippen molar-refractivity contribution >= 4 is 17.3 Å². The predicted molar refractivity (Wildman–Crippen MR) is 102 cm³/mol. The smallest absolute Gasteiger partial charge is 0.360 e. The fraction of sp³-hybridized carbons (Fsp3) is 0.381. The van der Waals surface area contributed by atoms with Crippen LogP contribution >= 0.6 is 0 Å². The van der Waals surface area contributed by atoms with Crippen molar-refractivity contribution in [3.63, 3.8) is 0 Å². The molecule has 0 bridgehead atoms. The molecule has 0 saturated carbocycles. The molecule has 2 aliphatic heterocycles. The van der Waals surface area contributed by atoms with Crippen LogP contribution in [-0.2, 0) is 17.4 Å². The third-order valence-corrected chi connectivity index (χ3v) is 5.60. The SMILES string of the molecule is O=C(C[NH+]1CCN(c2cccc(C(F)(F)F)c2)CC1)N1CCc2ccccc21. The molecule has 0 unspecified atom stereocenters. The number of piperazine rings is 1. The summed E-state index contributed by atoms with van der Waals surface area (Å²) in [5.41, 5.74) is 2.19. The molecule has 0 spiro atoms. The van der Waals surface area contributed by atoms with Gasteiger partial charge in [-0.05, 0) is 36.2 Å². The van der Waals surface area contributed by atoms with Crippen molar-refractivity contribution in [1.29, 1.82) is 0 Å². The van der Waals surface area contributed by atoms with Crippen molar-refractivity contribution in [2.45, 2.75) is 12.6 Å². The minimum absolute atomic E-state index is 0.118. The third-order valence-electron chi connectivity index (χ3n) is 5.60. The predicted octanol–water partition coefficient (Wildman–Crippen LogP) is 2.00. The highest BCUT2D eigenvalue weighted by molar-refractivity contribution is 5.96. The van der Waals surface area contributed by atoms with Gasteiger partial charge in [-0.3, -0.25) is 4.79 Å². The summed E-state index contributed by atoms with van der Waals surface area (Å²) < 4.78 is 38.8. The molecule has 0 aliphatic carbocycles. The highest BCUT2D eigenvalue weighted by Gasteiger charge is 2.32. The molecule has 7 heteroatoms. The number of fused-ring (bicyclic) bond motifs is 1. The lowest BCUT2D eigenvalue weighted by Gasteiger charge is -2.34. The number of alkyl halides is 3. The van der Waals surface area contributed by atoms with E-state index < -0.39 is 11.7 Å². The number of anilines is 2. The zero-order valence-corrected chi connectivity index (χ0v) is 15.5. The van der Waals surface area contributed by atoms with E-state index in [1.807, 2.05) is 28.0 Å². The van der Waals surface area contributed by atoms with Gasteiger partial charge in [0, 0.05) is 17.9 Å². The Kier molecular flexibility index (Phi) is 5.02. The van der Waals surface area contributed by atoms with E-state index in [2.05, 4.69) is 6.07 Å². The first kappa shape index (κ1) is 18.8. The van der Waals surface area contributed by atoms with Gasteiger partial charge in [0.05, 0.1) is 31.7 Å². The van der Waals surface area contributed by atoms with Gasteiger partial charge in [0.2, 0.25) is 0 Å². The van der Waals surface area contributed by atoms with Crippen molar-refractivity contribution < 1.29 is 22.9 Å². The van der Waals surface area contributed by atoms with Crippen molar-refractivity contribution in [3.05, 3.63) is 59.7 Å². The molecular formula is C21H23F3N3O+. The molecule has 4 nitrogen and oxygen atoms in total. The van der Waals surface area contributed by atoms with Crippen LogP contribution in [0.5, 0.6) is 0 Å². The molecule has 0 radical (unpaired) electrons. The first-order valence-corrected chi connectivity index (χ1v) is 9.56. The van der Waals surface area contributed by atoms with E-state index in [4.69, 9.17) is 0 Å². The Bertz CT molecular complexity index is 860. The van der Waals surface area contributed by atoms with Crippen LogP contribution in [0.15, 0.2) is 48.5 Å². The average molecular weight is 390 g/mol. The second-order valence-corrected chi connectivity index (χ2v) is 7.39. The average Bonchev–Trinajstić information content (AvgIpc) is 3.12. The standard InChI is InChI=1S/C21H22F3N3O/c22-21(23,24)17-5-3-6-18(14-17)26-12-10-25(11-13-26)15-20(28)27-9-8-16-4-1-2-7-19(16)27/h1-7,14H,8-13,15H2/p+1. The normalized spacial score (nSPS) is 17.7. The quantitative estimate of drug-likeness (QED) is 0.868. The van der Waals surface area contributed by atoms with Gasteiger partial charge in [0.15, 0.2) is 6.54 Å². The molecule has 0 aromatic heterocycles. The number of nitrogens with zero attached hydrogens (tertiary/aromatic N) is 2. The maximum atomic E-state index is 12.9. The minimum atomic E-state index is -4.33. The van der Waals surface area contributed by atoms with Gasteiger partial charge >= 0.3 is 6.18 Å². The lowest BCUT2D eigenvalue weighted by atomic mass is 10.1. The zero-order valence-electron chi connectivity index (χ0n) is 15.5. The number of nitrogens with one attached hydrogen (secondary N) is 1. The van der Waals surface area contributed by atoms with E-state index in [1.165, 1.54) is 22.6 Å². The lowest BCUT2D eigenvalue weighted by Crippen LogP contribution is -3.16. The molecular weight excluding hydrogens is 367 g/mol. The Labute approximate surface area is 162 Å². The summed E-state index contributed by atoms with van der Waals surface area (Å²) in [4.78, 5) is 17.8. The molecule has 1 amide bonds. The molecule has 148 valence electrons. The largest absolute Gasteiger partial charge is 0.416 e. The summed E-state index contributed by atoms with van der Waals surface area (Å²) in [6.45, 7) is 3.89. The molecule has 2 heterocycles. The molecule has 0 atom stereocenters. The van der Waals surface area contributed by atoms with Gasteiger partial charge in [-0.1, -0.05) is 24.3 Å². The van der Waals surface area contributed by atoms with E-state index in [0.29, 0.717) is 25.3 Å². The van der Waals surface area contributed by atoms with Crippen LogP contribution in [0.3, 0.4) is 0 Å². The first-order valence-electron chi connectivity index (χ1n) is 9.56. The number of amides is 1. The molecule has 4 rings (SSSR count). The van der Waals surface area contributed by atoms with Gasteiger partial charge < -0.3 is 14.7 Å². The number of rotatable bonds is 3. The zero-order chi connectivity index (χ0) is 19.7. The number of carbonyl (C=O) groups is 1. The Morgan fingerprint density at radius 1 is 1.00 bits per heavy atom. The fourth-order valence-corrected chi connectivity index (χ4v) is 4.04. The summed E-state index contributed by atoms with van der Waals surface area (Å²) in [6, 6.07) is 13.5. The molecule has 2 aromatic carbocycles. The highest BCUT2D eigenvalue weighted by Crippen LogP contribution is 2.31. The second kappa shape index (κ2) is 7.47. The number of hydrogen-bond acceptors (Lipinski definition) is 2. The lowest BCUT2D eigenvalue weighted by molar-refractivity contribution is -0.892. The summed E-state index contributed by atoms with van der Waals surface area (Å²) in [5.74, 6) is 0.118. The van der Waals surface area contributed by atoms with Crippen LogP contribution in [0.2, 0.25) is 0 Å². The number of para-hydroxylation sites is 1. The van der Waals surface area contributed by atoms with Crippen LogP contribution < -0.4 is 14.7 Å². The van der Waals surface area contributed by atoms with Crippen molar-refractivity contribution in [2.24, 2.45) is 0 Å². The summed E-state index contributed by atoms with van der Waals surface area (Å²) >= 11 is 0. The number of quaternary nitrogens is 1. The molecule has 28 heavy (non-hydrogen) atoms. The van der Waals surface area contributed by atoms with Crippen LogP contribution in [0, 0.1) is 0 Å². The fourth-order valence-electron chi connectivity index (χ4n) is 4.04. The van der Waals surface area contributed by atoms with Gasteiger partial charge in [0.25, 0.3) is 5.91 Å². The Morgan fingerprint density at radius 2 is 1.75 bits per heavy atom. The van der Waals surface area contributed by atoms with Crippen LogP contribution in [0.25, 0.3) is 0 Å². The first-order chi connectivity index (χ1) is 13.4. The summed E-state index contributed by atoms with van der Waals surface area (Å²) in [5, 5.41) is 0. The number of carbonyl (C=O) groups excluding carboxylic acids is 1. The highest BCUT2D eigenvalue weighted by atomic mass is 19.4. The van der Waals surface area contributed by atoms with Gasteiger partial charge in [-0.15, -0.1) is 0 Å². The van der Waals surface area contributed by atoms with Crippen molar-refractivity contribution in [2.75, 3.05) is 49.1 Å². The number of hydrogen-bond donors (Lipinski definition) is 1. The second-order valence-electron chi connectivity index (χ2n) is 7.39. The monoisotopic (exact) mass is 390 g/mol. The van der Waals surface area contributed by atoms with Gasteiger partial charge in [-0.2, -0.15) is 13.2 Å². The Morgan fingerprint density at radius 3 is 2.50 bits per heavy atom. The van der Waals surface area contributed by atoms with Gasteiger partial charge in [0.1, 0.15) is 0 Å². The number of halogens is 3. The molecule has 1 saturated heterocycles. The Hall–Kier alpha value is -2.54. The number of benzene rings is 2. The van der Waals surface area contributed by atoms with Crippen LogP contribution in [0.4, 0.5) is 24.5 Å². The van der Waals surface area contributed by atoms with Crippen LogP contribution in [0.1, 0.15) is 11.1 Å². The molecule has 1 fully saturated rings. The van der Waals surface area contributed by atoms with Crippen LogP contribution in [-0.4, -0.2) is 45.2 Å². The van der Waals surface area contributed by atoms with Crippen molar-refractivity contribution in [1.82, 2.24) is 0 Å². The third kappa shape index (κ3) is 3.85. The molecule has 2 aliphatic rings. The van der Waals surface area contributed by atoms with E-state index in [-0.39, 0.29) is 5.91 Å². The summed E-state index contributed by atoms with van der Waals surface area (Å²) in [6.07, 6.45) is -3.44. The topological polar surface area (TPSA) is 28.0 Å². The van der Waals surface area contributed by atoms with Gasteiger partial charge in [-0.25, -0.2) is 0 Å². The van der Waals surface area contributed by atoms with E-state index in [1.54, 1.807) is 6.07 Å². The molecule has 1 N–H and O–H groups in total. The molecule has 2 aromatic rings. The maximum absolute atomic E-state index is 12.9. The van der Waals surface area contributed by atoms with Crippen molar-refractivity contribution in [3.8, 4) is 0 Å². The summed E-state index contributed by atoms with van der Waals surface area (Å²) in [7, 11) is 0. The Balaban J connectivity index is 1.34. The van der Waals surface area contributed by atoms with E-state index >= 15 is 0 Å². The van der Waals surface area contributed by atoms with E-state index in [0.717, 1.165) is 37.8 Å². The maximum Gasteiger partial charge on any atom is 0.416 e. The minimum Gasteiger partial charge on any atom is -0.360 e. The van der Waals surface area contributed by atoms with E-state index in [9.17, 15) is 18.0 Å².